The number of aliphatic hydroxyl groups excluding tert-OH is 12. The molecule has 3 saturated heterocycles. The number of benzene rings is 1. The van der Waals surface area contributed by atoms with Gasteiger partial charge in [0.05, 0.1) is 48.1 Å². The van der Waals surface area contributed by atoms with E-state index < -0.39 is 142 Å². The van der Waals surface area contributed by atoms with Crippen LogP contribution in [0.3, 0.4) is 0 Å². The molecule has 20 nitrogen and oxygen atoms in total. The minimum Gasteiger partial charge on any atom is -0.394 e. The van der Waals surface area contributed by atoms with Gasteiger partial charge < -0.3 is 90.3 Å². The Balaban J connectivity index is 1.11. The smallest absolute Gasteiger partial charge is 0.270 e. The number of ether oxygens (including phenoxy) is 5. The van der Waals surface area contributed by atoms with Gasteiger partial charge in [-0.2, -0.15) is 0 Å². The quantitative estimate of drug-likeness (QED) is 0.0995. The topological polar surface area (TPSA) is 323 Å². The summed E-state index contributed by atoms with van der Waals surface area (Å²) in [6, 6.07) is 2.33. The molecule has 19 unspecified atom stereocenters. The molecule has 2 aromatic rings. The summed E-state index contributed by atoms with van der Waals surface area (Å²) >= 11 is 6.95. The van der Waals surface area contributed by atoms with E-state index in [2.05, 4.69) is 5.32 Å². The summed E-state index contributed by atoms with van der Waals surface area (Å²) in [5.74, 6) is 0. The number of aliphatic hydroxyl groups is 12. The highest BCUT2D eigenvalue weighted by molar-refractivity contribution is 7.13. The van der Waals surface area contributed by atoms with Crippen LogP contribution in [-0.2, 0) is 23.7 Å². The van der Waals surface area contributed by atoms with E-state index in [-0.39, 0.29) is 11.0 Å². The second-order valence-electron chi connectivity index (χ2n) is 13.7. The van der Waals surface area contributed by atoms with Crippen molar-refractivity contribution in [2.75, 3.05) is 19.8 Å². The third-order valence-electron chi connectivity index (χ3n) is 10.3. The Bertz CT molecular complexity index is 1680. The fourth-order valence-corrected chi connectivity index (χ4v) is 8.53. The SMILES string of the molecule is CC1OC(OC2C(CO)OC(OC3C(CO)OC(n4sc5cc(Cl)ccc5c4=O)C(O)C3O)C(O)C2O)C(O)C(O)C1NC1C=C(CO)C(O)C(O)C1O. The van der Waals surface area contributed by atoms with Gasteiger partial charge in [-0.05, 0) is 30.7 Å². The Morgan fingerprint density at radius 2 is 1.37 bits per heavy atom. The van der Waals surface area contributed by atoms with Gasteiger partial charge in [0.1, 0.15) is 79.4 Å². The van der Waals surface area contributed by atoms with E-state index in [0.29, 0.717) is 9.72 Å². The largest absolute Gasteiger partial charge is 0.394 e. The molecule has 13 N–H and O–H groups in total. The van der Waals surface area contributed by atoms with Gasteiger partial charge in [-0.15, -0.1) is 0 Å². The first-order chi connectivity index (χ1) is 25.6. The lowest BCUT2D eigenvalue weighted by Gasteiger charge is -2.49. The van der Waals surface area contributed by atoms with E-state index in [1.54, 1.807) is 0 Å². The van der Waals surface area contributed by atoms with Crippen molar-refractivity contribution < 1.29 is 85.0 Å². The highest BCUT2D eigenvalue weighted by Crippen LogP contribution is 2.36. The van der Waals surface area contributed by atoms with E-state index in [1.165, 1.54) is 31.2 Å². The molecule has 4 aliphatic rings. The number of fused-ring (bicyclic) bond motifs is 1. The van der Waals surface area contributed by atoms with E-state index in [1.807, 2.05) is 0 Å². The van der Waals surface area contributed by atoms with Crippen molar-refractivity contribution in [2.45, 2.75) is 123 Å². The number of hydrogen-bond acceptors (Lipinski definition) is 20. The van der Waals surface area contributed by atoms with Gasteiger partial charge in [-0.25, -0.2) is 3.96 Å². The van der Waals surface area contributed by atoms with Crippen molar-refractivity contribution in [2.24, 2.45) is 0 Å². The summed E-state index contributed by atoms with van der Waals surface area (Å²) < 4.78 is 30.3. The number of aromatic nitrogens is 1. The predicted octanol–water partition coefficient (Wildman–Crippen LogP) is -5.65. The van der Waals surface area contributed by atoms with E-state index in [9.17, 15) is 66.1 Å². The number of nitrogens with zero attached hydrogens (tertiary/aromatic N) is 1. The first-order valence-corrected chi connectivity index (χ1v) is 18.3. The molecule has 1 aliphatic carbocycles. The maximum Gasteiger partial charge on any atom is 0.270 e. The minimum absolute atomic E-state index is 0.0148. The Labute approximate surface area is 315 Å². The van der Waals surface area contributed by atoms with Gasteiger partial charge in [-0.1, -0.05) is 29.2 Å². The van der Waals surface area contributed by atoms with Crippen LogP contribution in [0.15, 0.2) is 34.6 Å². The summed E-state index contributed by atoms with van der Waals surface area (Å²) in [7, 11) is 0. The van der Waals surface area contributed by atoms with Crippen molar-refractivity contribution in [3.63, 3.8) is 0 Å². The van der Waals surface area contributed by atoms with E-state index in [4.69, 9.17) is 35.3 Å². The molecule has 19 atom stereocenters. The lowest BCUT2D eigenvalue weighted by atomic mass is 9.86. The first kappa shape index (κ1) is 41.8. The zero-order chi connectivity index (χ0) is 39.3. The van der Waals surface area contributed by atoms with Crippen LogP contribution in [0.4, 0.5) is 0 Å². The molecule has 4 heterocycles. The highest BCUT2D eigenvalue weighted by Gasteiger charge is 2.54. The van der Waals surface area contributed by atoms with Crippen LogP contribution >= 0.6 is 23.1 Å². The zero-order valence-corrected chi connectivity index (χ0v) is 30.0. The maximum atomic E-state index is 13.1. The van der Waals surface area contributed by atoms with Crippen molar-refractivity contribution in [3.8, 4) is 0 Å². The summed E-state index contributed by atoms with van der Waals surface area (Å²) in [4.78, 5) is 13.1. The molecule has 0 amide bonds. The molecule has 0 spiro atoms. The molecular weight excluding hydrogens is 768 g/mol. The lowest BCUT2D eigenvalue weighted by Crippen LogP contribution is -2.68. The van der Waals surface area contributed by atoms with Crippen LogP contribution in [0.5, 0.6) is 0 Å². The lowest BCUT2D eigenvalue weighted by molar-refractivity contribution is -0.369. The Morgan fingerprint density at radius 3 is 2.00 bits per heavy atom. The number of nitrogens with one attached hydrogen (secondary N) is 1. The summed E-state index contributed by atoms with van der Waals surface area (Å²) in [6.45, 7) is -0.811. The Kier molecular flexibility index (Phi) is 13.2. The fraction of sp³-hybridized carbons (Fsp3) is 0.719. The molecule has 54 heavy (non-hydrogen) atoms. The molecule has 6 rings (SSSR count). The average Bonchev–Trinajstić information content (AvgIpc) is 3.47. The van der Waals surface area contributed by atoms with Crippen LogP contribution in [0.25, 0.3) is 10.1 Å². The predicted molar refractivity (Wildman–Crippen MR) is 182 cm³/mol. The molecule has 1 aromatic heterocycles. The van der Waals surface area contributed by atoms with E-state index in [0.717, 1.165) is 15.5 Å². The van der Waals surface area contributed by atoms with E-state index >= 15 is 0 Å². The summed E-state index contributed by atoms with van der Waals surface area (Å²) in [6.07, 6.45) is -26.7. The van der Waals surface area contributed by atoms with Gasteiger partial charge in [-0.3, -0.25) is 4.79 Å². The summed E-state index contributed by atoms with van der Waals surface area (Å²) in [5.41, 5.74) is -0.538. The van der Waals surface area contributed by atoms with Crippen LogP contribution in [0.1, 0.15) is 13.2 Å². The summed E-state index contributed by atoms with van der Waals surface area (Å²) in [5, 5.41) is 130. The molecule has 22 heteroatoms. The molecule has 0 bridgehead atoms. The van der Waals surface area contributed by atoms with Crippen molar-refractivity contribution in [1.29, 1.82) is 0 Å². The van der Waals surface area contributed by atoms with Gasteiger partial charge in [0.15, 0.2) is 18.8 Å². The molecular formula is C32H45ClN2O18S. The van der Waals surface area contributed by atoms with Gasteiger partial charge in [0.2, 0.25) is 0 Å². The number of hydrogen-bond donors (Lipinski definition) is 13. The van der Waals surface area contributed by atoms with Crippen LogP contribution in [0, 0.1) is 0 Å². The Morgan fingerprint density at radius 1 is 0.778 bits per heavy atom. The average molecular weight is 813 g/mol. The second kappa shape index (κ2) is 17.0. The maximum absolute atomic E-state index is 13.1. The zero-order valence-electron chi connectivity index (χ0n) is 28.4. The number of halogens is 1. The van der Waals surface area contributed by atoms with Crippen molar-refractivity contribution in [3.05, 3.63) is 45.2 Å². The first-order valence-electron chi connectivity index (χ1n) is 17.1. The monoisotopic (exact) mass is 812 g/mol. The number of rotatable bonds is 10. The van der Waals surface area contributed by atoms with Gasteiger partial charge in [0, 0.05) is 5.02 Å². The third-order valence-corrected chi connectivity index (χ3v) is 11.6. The molecule has 1 aromatic carbocycles. The Hall–Kier alpha value is -1.78. The molecule has 3 fully saturated rings. The molecule has 304 valence electrons. The fourth-order valence-electron chi connectivity index (χ4n) is 7.19. The minimum atomic E-state index is -1.98. The standard InChI is InChI=1S/C32H45ClN2O18S/c1-9-17(34-13-4-10(6-36)18(39)21(42)19(13)40)20(41)25(46)31(49-9)52-28-15(8-38)51-32(26(47)23(28)44)53-27-14(7-37)50-30(24(45)22(27)43)35-29(48)12-3-2-11(33)5-16(12)54-35/h2-5,9,13-15,17-28,30-32,34,36-47H,6-8H2,1H3. The molecule has 0 saturated carbocycles. The van der Waals surface area contributed by atoms with Crippen molar-refractivity contribution >= 4 is 33.2 Å². The van der Waals surface area contributed by atoms with Crippen LogP contribution in [0.2, 0.25) is 5.02 Å². The van der Waals surface area contributed by atoms with Crippen molar-refractivity contribution in [1.82, 2.24) is 9.27 Å². The molecule has 3 aliphatic heterocycles. The van der Waals surface area contributed by atoms with Gasteiger partial charge >= 0.3 is 0 Å². The van der Waals surface area contributed by atoms with Gasteiger partial charge in [0.25, 0.3) is 5.56 Å². The highest BCUT2D eigenvalue weighted by atomic mass is 35.5. The normalized spacial score (nSPS) is 44.7. The van der Waals surface area contributed by atoms with Crippen LogP contribution < -0.4 is 10.9 Å². The molecule has 0 radical (unpaired) electrons. The van der Waals surface area contributed by atoms with Crippen LogP contribution in [-0.4, -0.2) is 195 Å². The second-order valence-corrected chi connectivity index (χ2v) is 15.2. The third kappa shape index (κ3) is 7.76.